The highest BCUT2D eigenvalue weighted by Gasteiger charge is 2.33. The van der Waals surface area contributed by atoms with Crippen LogP contribution in [0.4, 0.5) is 0 Å². The predicted molar refractivity (Wildman–Crippen MR) is 101 cm³/mol. The number of hydrogen-bond acceptors (Lipinski definition) is 2. The molecule has 1 N–H and O–H groups in total. The summed E-state index contributed by atoms with van der Waals surface area (Å²) in [4.78, 5) is 4.21. The van der Waals surface area contributed by atoms with Crippen molar-refractivity contribution in [2.75, 3.05) is 0 Å². The van der Waals surface area contributed by atoms with Crippen molar-refractivity contribution in [2.24, 2.45) is 0 Å². The van der Waals surface area contributed by atoms with Gasteiger partial charge in [0.25, 0.3) is 0 Å². The zero-order valence-electron chi connectivity index (χ0n) is 13.8. The zero-order chi connectivity index (χ0) is 17.1. The molecule has 0 saturated carbocycles. The standard InChI is InChI=1S/C23H19NO/c25-23(20-11-2-1-3-12-20,16-18-8-7-15-24-17-18)22-14-6-10-19-9-4-5-13-21(19)22/h1-15,17,25H,16H2/t23-/m0/s1. The van der Waals surface area contributed by atoms with E-state index in [9.17, 15) is 5.11 Å². The van der Waals surface area contributed by atoms with E-state index in [1.807, 2.05) is 72.9 Å². The number of aromatic nitrogens is 1. The van der Waals surface area contributed by atoms with E-state index in [2.05, 4.69) is 23.2 Å². The zero-order valence-corrected chi connectivity index (χ0v) is 13.8. The maximum atomic E-state index is 11.9. The van der Waals surface area contributed by atoms with Crippen molar-refractivity contribution >= 4 is 10.8 Å². The summed E-state index contributed by atoms with van der Waals surface area (Å²) in [6.07, 6.45) is 4.04. The average Bonchev–Trinajstić information content (AvgIpc) is 2.69. The van der Waals surface area contributed by atoms with Gasteiger partial charge in [0.15, 0.2) is 0 Å². The second-order valence-electron chi connectivity index (χ2n) is 6.29. The second-order valence-corrected chi connectivity index (χ2v) is 6.29. The van der Waals surface area contributed by atoms with Crippen LogP contribution in [0.15, 0.2) is 97.3 Å². The van der Waals surface area contributed by atoms with Gasteiger partial charge in [0.1, 0.15) is 5.60 Å². The van der Waals surface area contributed by atoms with Gasteiger partial charge < -0.3 is 5.11 Å². The maximum absolute atomic E-state index is 11.9. The van der Waals surface area contributed by atoms with Crippen molar-refractivity contribution in [1.82, 2.24) is 4.98 Å². The lowest BCUT2D eigenvalue weighted by Crippen LogP contribution is -2.30. The Hall–Kier alpha value is -2.97. The van der Waals surface area contributed by atoms with Crippen LogP contribution in [0.25, 0.3) is 10.8 Å². The first kappa shape index (κ1) is 15.6. The molecule has 25 heavy (non-hydrogen) atoms. The van der Waals surface area contributed by atoms with Crippen LogP contribution in [0.3, 0.4) is 0 Å². The third kappa shape index (κ3) is 2.92. The van der Waals surface area contributed by atoms with Crippen LogP contribution in [-0.2, 0) is 12.0 Å². The van der Waals surface area contributed by atoms with E-state index in [1.165, 1.54) is 0 Å². The smallest absolute Gasteiger partial charge is 0.119 e. The van der Waals surface area contributed by atoms with Crippen molar-refractivity contribution < 1.29 is 5.11 Å². The Labute approximate surface area is 147 Å². The Morgan fingerprint density at radius 3 is 2.32 bits per heavy atom. The number of nitrogens with zero attached hydrogens (tertiary/aromatic N) is 1. The molecule has 1 heterocycles. The van der Waals surface area contributed by atoms with Crippen LogP contribution in [0.2, 0.25) is 0 Å². The molecule has 0 aliphatic heterocycles. The Bertz CT molecular complexity index is 977. The van der Waals surface area contributed by atoms with E-state index >= 15 is 0 Å². The first-order chi connectivity index (χ1) is 12.3. The molecule has 1 aromatic heterocycles. The Morgan fingerprint density at radius 1 is 0.760 bits per heavy atom. The molecule has 0 aliphatic carbocycles. The quantitative estimate of drug-likeness (QED) is 0.589. The number of fused-ring (bicyclic) bond motifs is 1. The summed E-state index contributed by atoms with van der Waals surface area (Å²) in [6, 6.07) is 28.1. The molecular formula is C23H19NO. The number of aliphatic hydroxyl groups is 1. The third-order valence-electron chi connectivity index (χ3n) is 4.67. The van der Waals surface area contributed by atoms with Crippen LogP contribution in [0.5, 0.6) is 0 Å². The highest BCUT2D eigenvalue weighted by Crippen LogP contribution is 2.37. The minimum atomic E-state index is -1.12. The highest BCUT2D eigenvalue weighted by molar-refractivity contribution is 5.87. The molecule has 4 rings (SSSR count). The lowest BCUT2D eigenvalue weighted by Gasteiger charge is -2.31. The molecular weight excluding hydrogens is 306 g/mol. The van der Waals surface area contributed by atoms with E-state index in [4.69, 9.17) is 0 Å². The fraction of sp³-hybridized carbons (Fsp3) is 0.0870. The van der Waals surface area contributed by atoms with E-state index in [1.54, 1.807) is 6.20 Å². The van der Waals surface area contributed by atoms with Gasteiger partial charge in [-0.3, -0.25) is 4.98 Å². The SMILES string of the molecule is O[C@@](Cc1cccnc1)(c1ccccc1)c1cccc2ccccc12. The van der Waals surface area contributed by atoms with Gasteiger partial charge in [-0.2, -0.15) is 0 Å². The van der Waals surface area contributed by atoms with Crippen LogP contribution in [0, 0.1) is 0 Å². The number of pyridine rings is 1. The van der Waals surface area contributed by atoms with E-state index in [-0.39, 0.29) is 0 Å². The van der Waals surface area contributed by atoms with Crippen molar-refractivity contribution in [3.05, 3.63) is 114 Å². The number of benzene rings is 3. The van der Waals surface area contributed by atoms with E-state index in [0.717, 1.165) is 27.5 Å². The van der Waals surface area contributed by atoms with Gasteiger partial charge in [-0.1, -0.05) is 78.9 Å². The molecule has 0 amide bonds. The van der Waals surface area contributed by atoms with Crippen molar-refractivity contribution in [2.45, 2.75) is 12.0 Å². The summed E-state index contributed by atoms with van der Waals surface area (Å²) in [7, 11) is 0. The fourth-order valence-corrected chi connectivity index (χ4v) is 3.45. The van der Waals surface area contributed by atoms with Gasteiger partial charge in [-0.05, 0) is 33.5 Å². The normalized spacial score (nSPS) is 13.5. The molecule has 0 fully saturated rings. The molecule has 0 bridgehead atoms. The highest BCUT2D eigenvalue weighted by atomic mass is 16.3. The summed E-state index contributed by atoms with van der Waals surface area (Å²) < 4.78 is 0. The molecule has 0 aliphatic rings. The lowest BCUT2D eigenvalue weighted by molar-refractivity contribution is 0.0826. The molecule has 0 spiro atoms. The molecule has 4 aromatic rings. The Kier molecular flexibility index (Phi) is 4.04. The molecule has 1 atom stereocenters. The molecule has 2 heteroatoms. The number of rotatable bonds is 4. The predicted octanol–water partition coefficient (Wildman–Crippen LogP) is 4.71. The van der Waals surface area contributed by atoms with Gasteiger partial charge in [-0.15, -0.1) is 0 Å². The van der Waals surface area contributed by atoms with Crippen LogP contribution < -0.4 is 0 Å². The van der Waals surface area contributed by atoms with Gasteiger partial charge >= 0.3 is 0 Å². The second kappa shape index (κ2) is 6.50. The van der Waals surface area contributed by atoms with Crippen molar-refractivity contribution in [3.63, 3.8) is 0 Å². The van der Waals surface area contributed by atoms with Gasteiger partial charge in [0.05, 0.1) is 0 Å². The largest absolute Gasteiger partial charge is 0.380 e. The molecule has 0 unspecified atom stereocenters. The van der Waals surface area contributed by atoms with Crippen molar-refractivity contribution in [1.29, 1.82) is 0 Å². The van der Waals surface area contributed by atoms with Crippen molar-refractivity contribution in [3.8, 4) is 0 Å². The summed E-state index contributed by atoms with van der Waals surface area (Å²) >= 11 is 0. The number of hydrogen-bond donors (Lipinski definition) is 1. The Balaban J connectivity index is 1.94. The monoisotopic (exact) mass is 325 g/mol. The van der Waals surface area contributed by atoms with E-state index < -0.39 is 5.60 Å². The minimum absolute atomic E-state index is 0.471. The summed E-state index contributed by atoms with van der Waals surface area (Å²) in [5.74, 6) is 0. The molecule has 2 nitrogen and oxygen atoms in total. The molecule has 122 valence electrons. The van der Waals surface area contributed by atoms with Gasteiger partial charge in [0.2, 0.25) is 0 Å². The topological polar surface area (TPSA) is 33.1 Å². The summed E-state index contributed by atoms with van der Waals surface area (Å²) in [6.45, 7) is 0. The first-order valence-electron chi connectivity index (χ1n) is 8.42. The summed E-state index contributed by atoms with van der Waals surface area (Å²) in [5.41, 5.74) is 1.68. The lowest BCUT2D eigenvalue weighted by atomic mass is 9.79. The molecule has 0 radical (unpaired) electrons. The van der Waals surface area contributed by atoms with Crippen LogP contribution in [-0.4, -0.2) is 10.1 Å². The molecule has 3 aromatic carbocycles. The van der Waals surface area contributed by atoms with Gasteiger partial charge in [-0.25, -0.2) is 0 Å². The fourth-order valence-electron chi connectivity index (χ4n) is 3.45. The van der Waals surface area contributed by atoms with E-state index in [0.29, 0.717) is 6.42 Å². The third-order valence-corrected chi connectivity index (χ3v) is 4.67. The van der Waals surface area contributed by atoms with Crippen LogP contribution in [0.1, 0.15) is 16.7 Å². The van der Waals surface area contributed by atoms with Crippen LogP contribution >= 0.6 is 0 Å². The minimum Gasteiger partial charge on any atom is -0.380 e. The first-order valence-corrected chi connectivity index (χ1v) is 8.42. The summed E-state index contributed by atoms with van der Waals surface area (Å²) in [5, 5.41) is 14.1. The Morgan fingerprint density at radius 2 is 1.52 bits per heavy atom. The van der Waals surface area contributed by atoms with Gasteiger partial charge in [0, 0.05) is 18.8 Å². The maximum Gasteiger partial charge on any atom is 0.119 e. The molecule has 0 saturated heterocycles. The average molecular weight is 325 g/mol.